The number of nitrogens with zero attached hydrogens (tertiary/aromatic N) is 2. The van der Waals surface area contributed by atoms with Crippen LogP contribution in [0.15, 0.2) is 4.52 Å². The van der Waals surface area contributed by atoms with E-state index in [4.69, 9.17) is 15.0 Å². The number of primary amides is 1. The molecule has 0 aliphatic heterocycles. The number of nitrogens with one attached hydrogen (secondary N) is 1. The van der Waals surface area contributed by atoms with Crippen LogP contribution in [0.4, 0.5) is 0 Å². The highest BCUT2D eigenvalue weighted by atomic mass is 16.5. The van der Waals surface area contributed by atoms with Gasteiger partial charge < -0.3 is 15.0 Å². The Morgan fingerprint density at radius 2 is 2.26 bits per heavy atom. The van der Waals surface area contributed by atoms with E-state index in [9.17, 15) is 4.79 Å². The van der Waals surface area contributed by atoms with Crippen molar-refractivity contribution < 1.29 is 14.1 Å². The van der Waals surface area contributed by atoms with Crippen molar-refractivity contribution in [3.63, 3.8) is 0 Å². The van der Waals surface area contributed by atoms with Gasteiger partial charge in [-0.2, -0.15) is 4.98 Å². The van der Waals surface area contributed by atoms with E-state index in [-0.39, 0.29) is 12.1 Å². The molecule has 1 heterocycles. The zero-order valence-corrected chi connectivity index (χ0v) is 11.1. The number of hydrogen-bond acceptors (Lipinski definition) is 6. The Balaban J connectivity index is 2.00. The first-order chi connectivity index (χ1) is 9.16. The third-order valence-electron chi connectivity index (χ3n) is 3.28. The molecule has 3 N–H and O–H groups in total. The summed E-state index contributed by atoms with van der Waals surface area (Å²) in [6.07, 6.45) is 4.08. The summed E-state index contributed by atoms with van der Waals surface area (Å²) in [6.45, 7) is 3.02. The second-order valence-corrected chi connectivity index (χ2v) is 4.72. The normalized spacial score (nSPS) is 17.7. The van der Waals surface area contributed by atoms with Crippen LogP contribution in [0.1, 0.15) is 44.3 Å². The molecule has 1 aromatic rings. The van der Waals surface area contributed by atoms with Gasteiger partial charge in [-0.15, -0.1) is 0 Å². The van der Waals surface area contributed by atoms with Gasteiger partial charge in [0.05, 0.1) is 13.1 Å². The van der Waals surface area contributed by atoms with Gasteiger partial charge in [0.25, 0.3) is 0 Å². The van der Waals surface area contributed by atoms with Crippen molar-refractivity contribution in [2.75, 3.05) is 13.2 Å². The first kappa shape index (κ1) is 14.0. The highest BCUT2D eigenvalue weighted by molar-refractivity contribution is 5.75. The molecule has 0 bridgehead atoms. The quantitative estimate of drug-likeness (QED) is 0.744. The van der Waals surface area contributed by atoms with Crippen LogP contribution in [0, 0.1) is 0 Å². The molecule has 0 aromatic carbocycles. The third-order valence-corrected chi connectivity index (χ3v) is 3.28. The molecule has 0 unspecified atom stereocenters. The van der Waals surface area contributed by atoms with Gasteiger partial charge in [0.1, 0.15) is 5.60 Å². The van der Waals surface area contributed by atoms with E-state index < -0.39 is 5.91 Å². The topological polar surface area (TPSA) is 103 Å². The van der Waals surface area contributed by atoms with Gasteiger partial charge in [0.15, 0.2) is 0 Å². The highest BCUT2D eigenvalue weighted by Crippen LogP contribution is 2.40. The van der Waals surface area contributed by atoms with Crippen molar-refractivity contribution in [3.8, 4) is 0 Å². The lowest BCUT2D eigenvalue weighted by Gasteiger charge is -2.24. The second kappa shape index (κ2) is 6.12. The lowest BCUT2D eigenvalue weighted by atomic mass is 10.0. The number of nitrogens with two attached hydrogens (primary N) is 1. The Kier molecular flexibility index (Phi) is 4.49. The maximum Gasteiger partial charge on any atom is 0.240 e. The summed E-state index contributed by atoms with van der Waals surface area (Å²) < 4.78 is 11.0. The molecule has 2 rings (SSSR count). The Morgan fingerprint density at radius 3 is 2.89 bits per heavy atom. The Labute approximate surface area is 111 Å². The van der Waals surface area contributed by atoms with Crippen LogP contribution in [0.3, 0.4) is 0 Å². The van der Waals surface area contributed by atoms with E-state index in [1.54, 1.807) is 0 Å². The SMILES string of the molecule is CCOC1(c2noc(CNCC(N)=O)n2)CCCC1. The molecule has 0 saturated heterocycles. The van der Waals surface area contributed by atoms with Crippen molar-refractivity contribution in [1.82, 2.24) is 15.5 Å². The van der Waals surface area contributed by atoms with Gasteiger partial charge in [-0.3, -0.25) is 10.1 Å². The fourth-order valence-electron chi connectivity index (χ4n) is 2.46. The molecule has 7 nitrogen and oxygen atoms in total. The minimum atomic E-state index is -0.415. The van der Waals surface area contributed by atoms with Crippen molar-refractivity contribution in [2.24, 2.45) is 5.73 Å². The van der Waals surface area contributed by atoms with Crippen LogP contribution >= 0.6 is 0 Å². The fourth-order valence-corrected chi connectivity index (χ4v) is 2.46. The second-order valence-electron chi connectivity index (χ2n) is 4.72. The van der Waals surface area contributed by atoms with Crippen molar-refractivity contribution in [3.05, 3.63) is 11.7 Å². The predicted octanol–water partition coefficient (Wildman–Crippen LogP) is 0.450. The molecule has 19 heavy (non-hydrogen) atoms. The predicted molar refractivity (Wildman–Crippen MR) is 67.0 cm³/mol. The van der Waals surface area contributed by atoms with Crippen molar-refractivity contribution >= 4 is 5.91 Å². The number of carbonyl (C=O) groups excluding carboxylic acids is 1. The Hall–Kier alpha value is -1.47. The van der Waals surface area contributed by atoms with Crippen molar-refractivity contribution in [2.45, 2.75) is 44.8 Å². The van der Waals surface area contributed by atoms with Gasteiger partial charge in [0.2, 0.25) is 17.6 Å². The zero-order chi connectivity index (χ0) is 13.7. The average Bonchev–Trinajstić information content (AvgIpc) is 2.98. The molecule has 1 fully saturated rings. The van der Waals surface area contributed by atoms with Crippen LogP contribution < -0.4 is 11.1 Å². The van der Waals surface area contributed by atoms with E-state index in [0.29, 0.717) is 24.9 Å². The zero-order valence-electron chi connectivity index (χ0n) is 11.1. The molecule has 1 amide bonds. The molecule has 106 valence electrons. The van der Waals surface area contributed by atoms with Gasteiger partial charge in [-0.05, 0) is 32.6 Å². The Morgan fingerprint density at radius 1 is 1.53 bits per heavy atom. The molecule has 7 heteroatoms. The lowest BCUT2D eigenvalue weighted by Crippen LogP contribution is -2.29. The number of carbonyl (C=O) groups is 1. The van der Waals surface area contributed by atoms with Crippen LogP contribution in [0.5, 0.6) is 0 Å². The van der Waals surface area contributed by atoms with Gasteiger partial charge in [0, 0.05) is 6.61 Å². The molecule has 0 spiro atoms. The van der Waals surface area contributed by atoms with E-state index in [2.05, 4.69) is 15.5 Å². The smallest absolute Gasteiger partial charge is 0.240 e. The van der Waals surface area contributed by atoms with Crippen LogP contribution in [-0.4, -0.2) is 29.2 Å². The van der Waals surface area contributed by atoms with Crippen LogP contribution in [0.2, 0.25) is 0 Å². The fraction of sp³-hybridized carbons (Fsp3) is 0.750. The number of hydrogen-bond donors (Lipinski definition) is 2. The summed E-state index contributed by atoms with van der Waals surface area (Å²) in [4.78, 5) is 15.0. The maximum absolute atomic E-state index is 10.6. The minimum Gasteiger partial charge on any atom is -0.369 e. The van der Waals surface area contributed by atoms with Gasteiger partial charge >= 0.3 is 0 Å². The standard InChI is InChI=1S/C12H20N4O3/c1-2-18-12(5-3-4-6-12)11-15-10(19-16-11)8-14-7-9(13)17/h14H,2-8H2,1H3,(H2,13,17). The summed E-state index contributed by atoms with van der Waals surface area (Å²) in [5.41, 5.74) is 4.65. The first-order valence-corrected chi connectivity index (χ1v) is 6.62. The molecule has 1 aromatic heterocycles. The Bertz CT molecular complexity index is 426. The molecular formula is C12H20N4O3. The van der Waals surface area contributed by atoms with E-state index in [1.165, 1.54) is 0 Å². The number of ether oxygens (including phenoxy) is 1. The summed E-state index contributed by atoms with van der Waals surface area (Å²) in [5, 5.41) is 6.86. The molecule has 0 radical (unpaired) electrons. The van der Waals surface area contributed by atoms with Gasteiger partial charge in [-0.25, -0.2) is 0 Å². The summed E-state index contributed by atoms with van der Waals surface area (Å²) in [5.74, 6) is 0.645. The maximum atomic E-state index is 10.6. The van der Waals surface area contributed by atoms with E-state index in [1.807, 2.05) is 6.92 Å². The third kappa shape index (κ3) is 3.30. The molecule has 0 atom stereocenters. The number of aromatic nitrogens is 2. The summed E-state index contributed by atoms with van der Waals surface area (Å²) >= 11 is 0. The molecule has 1 saturated carbocycles. The summed E-state index contributed by atoms with van der Waals surface area (Å²) in [6, 6.07) is 0. The molecule has 1 aliphatic rings. The first-order valence-electron chi connectivity index (χ1n) is 6.62. The van der Waals surface area contributed by atoms with Crippen LogP contribution in [-0.2, 0) is 21.7 Å². The van der Waals surface area contributed by atoms with E-state index >= 15 is 0 Å². The lowest BCUT2D eigenvalue weighted by molar-refractivity contribution is -0.117. The molecule has 1 aliphatic carbocycles. The van der Waals surface area contributed by atoms with Gasteiger partial charge in [-0.1, -0.05) is 5.16 Å². The van der Waals surface area contributed by atoms with Crippen molar-refractivity contribution in [1.29, 1.82) is 0 Å². The molecular weight excluding hydrogens is 248 g/mol. The average molecular weight is 268 g/mol. The van der Waals surface area contributed by atoms with E-state index in [0.717, 1.165) is 25.7 Å². The monoisotopic (exact) mass is 268 g/mol. The largest absolute Gasteiger partial charge is 0.369 e. The summed E-state index contributed by atoms with van der Waals surface area (Å²) in [7, 11) is 0. The number of rotatable bonds is 7. The van der Waals surface area contributed by atoms with Crippen LogP contribution in [0.25, 0.3) is 0 Å². The number of amides is 1. The highest BCUT2D eigenvalue weighted by Gasteiger charge is 2.40. The minimum absolute atomic E-state index is 0.0916.